The molecule has 1 heterocycles. The van der Waals surface area contributed by atoms with E-state index in [-0.39, 0.29) is 24.9 Å². The summed E-state index contributed by atoms with van der Waals surface area (Å²) in [4.78, 5) is 4.38. The standard InChI is InChI=1S/C27H21F4NO3/c1-17-25(32-26(35-17)19-5-9-21(10-6-19)27(29,30)31)16-34-23-4-2-3-20(15-23)24(13-14-33)18-7-11-22(28)12-8-18/h2-13,15,33H,14,16H2,1H3/b24-13+. The zero-order chi connectivity index (χ0) is 25.0. The minimum absolute atomic E-state index is 0.0784. The number of halogens is 4. The van der Waals surface area contributed by atoms with Crippen LogP contribution in [-0.2, 0) is 12.8 Å². The Bertz CT molecular complexity index is 1320. The SMILES string of the molecule is Cc1oc(-c2ccc(C(F)(F)F)cc2)nc1COc1cccc(/C(=C/CO)c2ccc(F)cc2)c1. The second kappa shape index (κ2) is 10.1. The molecule has 0 bridgehead atoms. The van der Waals surface area contributed by atoms with Gasteiger partial charge in [-0.3, -0.25) is 0 Å². The van der Waals surface area contributed by atoms with Gasteiger partial charge in [-0.15, -0.1) is 0 Å². The Morgan fingerprint density at radius 2 is 1.71 bits per heavy atom. The van der Waals surface area contributed by atoms with Gasteiger partial charge in [0.2, 0.25) is 5.89 Å². The van der Waals surface area contributed by atoms with Gasteiger partial charge in [0.15, 0.2) is 0 Å². The van der Waals surface area contributed by atoms with Crippen molar-refractivity contribution in [2.24, 2.45) is 0 Å². The Morgan fingerprint density at radius 1 is 1.00 bits per heavy atom. The lowest BCUT2D eigenvalue weighted by atomic mass is 9.97. The first-order chi connectivity index (χ1) is 16.7. The number of benzene rings is 3. The summed E-state index contributed by atoms with van der Waals surface area (Å²) in [7, 11) is 0. The quantitative estimate of drug-likeness (QED) is 0.294. The molecule has 0 aliphatic rings. The van der Waals surface area contributed by atoms with Gasteiger partial charge in [-0.25, -0.2) is 9.37 Å². The Kier molecular flexibility index (Phi) is 7.02. The van der Waals surface area contributed by atoms with Crippen molar-refractivity contribution in [2.45, 2.75) is 19.7 Å². The molecule has 0 amide bonds. The highest BCUT2D eigenvalue weighted by atomic mass is 19.4. The molecule has 0 spiro atoms. The first kappa shape index (κ1) is 24.2. The predicted octanol–water partition coefficient (Wildman–Crippen LogP) is 6.81. The molecular formula is C27H21F4NO3. The van der Waals surface area contributed by atoms with Crippen LogP contribution in [0.5, 0.6) is 5.75 Å². The Morgan fingerprint density at radius 3 is 2.37 bits per heavy atom. The number of nitrogens with zero attached hydrogens (tertiary/aromatic N) is 1. The summed E-state index contributed by atoms with van der Waals surface area (Å²) >= 11 is 0. The summed E-state index contributed by atoms with van der Waals surface area (Å²) in [6.45, 7) is 1.59. The second-order valence-corrected chi connectivity index (χ2v) is 7.72. The van der Waals surface area contributed by atoms with E-state index in [2.05, 4.69) is 4.98 Å². The van der Waals surface area contributed by atoms with Crippen LogP contribution in [0.2, 0.25) is 0 Å². The van der Waals surface area contributed by atoms with E-state index in [0.29, 0.717) is 22.8 Å². The van der Waals surface area contributed by atoms with Crippen molar-refractivity contribution in [1.29, 1.82) is 0 Å². The molecule has 4 nitrogen and oxygen atoms in total. The van der Waals surface area contributed by atoms with Gasteiger partial charge in [-0.1, -0.05) is 30.3 Å². The number of aliphatic hydroxyl groups is 1. The van der Waals surface area contributed by atoms with Crippen molar-refractivity contribution in [2.75, 3.05) is 6.61 Å². The van der Waals surface area contributed by atoms with E-state index < -0.39 is 11.7 Å². The molecule has 0 saturated heterocycles. The topological polar surface area (TPSA) is 55.5 Å². The molecule has 0 aliphatic carbocycles. The second-order valence-electron chi connectivity index (χ2n) is 7.72. The molecule has 0 fully saturated rings. The van der Waals surface area contributed by atoms with Gasteiger partial charge in [-0.2, -0.15) is 13.2 Å². The monoisotopic (exact) mass is 483 g/mol. The Hall–Kier alpha value is -3.91. The fraction of sp³-hybridized carbons (Fsp3) is 0.148. The molecule has 8 heteroatoms. The zero-order valence-electron chi connectivity index (χ0n) is 18.6. The van der Waals surface area contributed by atoms with Gasteiger partial charge < -0.3 is 14.3 Å². The summed E-state index contributed by atoms with van der Waals surface area (Å²) in [5.74, 6) is 0.871. The van der Waals surface area contributed by atoms with Crippen LogP contribution in [-0.4, -0.2) is 16.7 Å². The largest absolute Gasteiger partial charge is 0.487 e. The third-order valence-corrected chi connectivity index (χ3v) is 5.32. The van der Waals surface area contributed by atoms with Crippen LogP contribution in [0.15, 0.2) is 83.3 Å². The van der Waals surface area contributed by atoms with Gasteiger partial charge in [0.25, 0.3) is 0 Å². The Labute approximate surface area is 199 Å². The van der Waals surface area contributed by atoms with Crippen molar-refractivity contribution in [3.05, 3.63) is 113 Å². The Balaban J connectivity index is 1.51. The minimum atomic E-state index is -4.42. The maximum Gasteiger partial charge on any atom is 0.416 e. The van der Waals surface area contributed by atoms with Crippen molar-refractivity contribution in [1.82, 2.24) is 4.98 Å². The van der Waals surface area contributed by atoms with Crippen LogP contribution >= 0.6 is 0 Å². The highest BCUT2D eigenvalue weighted by Crippen LogP contribution is 2.32. The first-order valence-electron chi connectivity index (χ1n) is 10.7. The third kappa shape index (κ3) is 5.78. The first-order valence-corrected chi connectivity index (χ1v) is 10.7. The molecule has 4 aromatic rings. The number of aliphatic hydroxyl groups excluding tert-OH is 1. The van der Waals surface area contributed by atoms with Gasteiger partial charge in [0.1, 0.15) is 29.6 Å². The van der Waals surface area contributed by atoms with Crippen molar-refractivity contribution >= 4 is 5.57 Å². The number of hydrogen-bond acceptors (Lipinski definition) is 4. The summed E-state index contributed by atoms with van der Waals surface area (Å²) in [6.07, 6.45) is -2.79. The lowest BCUT2D eigenvalue weighted by Crippen LogP contribution is -2.04. The molecule has 4 rings (SSSR count). The number of ether oxygens (including phenoxy) is 1. The van der Waals surface area contributed by atoms with Gasteiger partial charge in [-0.05, 0) is 72.2 Å². The molecule has 35 heavy (non-hydrogen) atoms. The van der Waals surface area contributed by atoms with E-state index in [4.69, 9.17) is 9.15 Å². The predicted molar refractivity (Wildman–Crippen MR) is 123 cm³/mol. The van der Waals surface area contributed by atoms with E-state index in [1.54, 1.807) is 43.3 Å². The molecule has 0 unspecified atom stereocenters. The average molecular weight is 483 g/mol. The maximum atomic E-state index is 13.3. The molecular weight excluding hydrogens is 462 g/mol. The van der Waals surface area contributed by atoms with E-state index in [0.717, 1.165) is 28.8 Å². The van der Waals surface area contributed by atoms with Crippen LogP contribution in [0.3, 0.4) is 0 Å². The highest BCUT2D eigenvalue weighted by molar-refractivity contribution is 5.80. The van der Waals surface area contributed by atoms with Gasteiger partial charge in [0, 0.05) is 5.56 Å². The molecule has 0 saturated carbocycles. The maximum absolute atomic E-state index is 13.3. The van der Waals surface area contributed by atoms with Crippen LogP contribution in [0.25, 0.3) is 17.0 Å². The highest BCUT2D eigenvalue weighted by Gasteiger charge is 2.30. The van der Waals surface area contributed by atoms with Crippen molar-refractivity contribution in [3.63, 3.8) is 0 Å². The fourth-order valence-corrected chi connectivity index (χ4v) is 3.52. The molecule has 3 aromatic carbocycles. The molecule has 180 valence electrons. The van der Waals surface area contributed by atoms with E-state index >= 15 is 0 Å². The molecule has 1 N–H and O–H groups in total. The van der Waals surface area contributed by atoms with E-state index in [1.165, 1.54) is 24.3 Å². The number of alkyl halides is 3. The summed E-state index contributed by atoms with van der Waals surface area (Å²) < 4.78 is 63.2. The molecule has 0 atom stereocenters. The van der Waals surface area contributed by atoms with Crippen molar-refractivity contribution in [3.8, 4) is 17.2 Å². The van der Waals surface area contributed by atoms with Crippen LogP contribution in [0.1, 0.15) is 28.1 Å². The average Bonchev–Trinajstić information content (AvgIpc) is 3.22. The number of aryl methyl sites for hydroxylation is 1. The van der Waals surface area contributed by atoms with E-state index in [9.17, 15) is 22.7 Å². The molecule has 1 aromatic heterocycles. The van der Waals surface area contributed by atoms with Crippen LogP contribution in [0, 0.1) is 12.7 Å². The van der Waals surface area contributed by atoms with Crippen LogP contribution in [0.4, 0.5) is 17.6 Å². The summed E-state index contributed by atoms with van der Waals surface area (Å²) in [5.41, 5.74) is 2.42. The summed E-state index contributed by atoms with van der Waals surface area (Å²) in [5, 5.41) is 9.46. The third-order valence-electron chi connectivity index (χ3n) is 5.32. The van der Waals surface area contributed by atoms with Crippen molar-refractivity contribution < 1.29 is 31.8 Å². The number of hydrogen-bond donors (Lipinski definition) is 1. The normalized spacial score (nSPS) is 12.1. The fourth-order valence-electron chi connectivity index (χ4n) is 3.52. The molecule has 0 radical (unpaired) electrons. The van der Waals surface area contributed by atoms with Crippen LogP contribution < -0.4 is 4.74 Å². The smallest absolute Gasteiger partial charge is 0.416 e. The number of oxazole rings is 1. The minimum Gasteiger partial charge on any atom is -0.487 e. The van der Waals surface area contributed by atoms with Gasteiger partial charge in [0.05, 0.1) is 12.2 Å². The lowest BCUT2D eigenvalue weighted by Gasteiger charge is -2.11. The summed E-state index contributed by atoms with van der Waals surface area (Å²) in [6, 6.07) is 17.7. The number of rotatable bonds is 7. The lowest BCUT2D eigenvalue weighted by molar-refractivity contribution is -0.137. The number of aromatic nitrogens is 1. The zero-order valence-corrected chi connectivity index (χ0v) is 18.6. The van der Waals surface area contributed by atoms with E-state index in [1.807, 2.05) is 6.07 Å². The van der Waals surface area contributed by atoms with Gasteiger partial charge >= 0.3 is 6.18 Å². The molecule has 0 aliphatic heterocycles.